The van der Waals surface area contributed by atoms with E-state index in [1.54, 1.807) is 11.3 Å². The normalized spacial score (nSPS) is 10.4. The SMILES string of the molecule is Brc1ccc(Nc2csc(-c3ccccc3)n2)cc1. The van der Waals surface area contributed by atoms with Gasteiger partial charge < -0.3 is 5.32 Å². The summed E-state index contributed by atoms with van der Waals surface area (Å²) in [6.45, 7) is 0. The summed E-state index contributed by atoms with van der Waals surface area (Å²) in [5.41, 5.74) is 2.18. The molecule has 2 aromatic carbocycles. The number of nitrogens with zero attached hydrogens (tertiary/aromatic N) is 1. The Morgan fingerprint density at radius 3 is 2.42 bits per heavy atom. The molecule has 0 amide bonds. The molecule has 3 rings (SSSR count). The first-order chi connectivity index (χ1) is 9.31. The van der Waals surface area contributed by atoms with E-state index in [1.807, 2.05) is 47.8 Å². The first-order valence-electron chi connectivity index (χ1n) is 5.85. The number of hydrogen-bond donors (Lipinski definition) is 1. The highest BCUT2D eigenvalue weighted by Crippen LogP contribution is 2.27. The molecule has 94 valence electrons. The lowest BCUT2D eigenvalue weighted by Gasteiger charge is -2.02. The third-order valence-corrected chi connectivity index (χ3v) is 4.06. The van der Waals surface area contributed by atoms with Crippen LogP contribution in [0.25, 0.3) is 10.6 Å². The Balaban J connectivity index is 1.80. The fourth-order valence-electron chi connectivity index (χ4n) is 1.73. The van der Waals surface area contributed by atoms with Crippen LogP contribution < -0.4 is 5.32 Å². The second-order valence-corrected chi connectivity index (χ2v) is 5.81. The third kappa shape index (κ3) is 3.03. The average Bonchev–Trinajstić information content (AvgIpc) is 2.91. The van der Waals surface area contributed by atoms with Gasteiger partial charge in [-0.25, -0.2) is 4.98 Å². The fourth-order valence-corrected chi connectivity index (χ4v) is 2.75. The van der Waals surface area contributed by atoms with Crippen LogP contribution in [0.1, 0.15) is 0 Å². The van der Waals surface area contributed by atoms with Crippen molar-refractivity contribution in [2.45, 2.75) is 0 Å². The summed E-state index contributed by atoms with van der Waals surface area (Å²) in [6, 6.07) is 18.3. The minimum Gasteiger partial charge on any atom is -0.340 e. The van der Waals surface area contributed by atoms with Gasteiger partial charge in [0.15, 0.2) is 0 Å². The summed E-state index contributed by atoms with van der Waals surface area (Å²) in [6.07, 6.45) is 0. The first kappa shape index (κ1) is 12.4. The molecule has 19 heavy (non-hydrogen) atoms. The van der Waals surface area contributed by atoms with Crippen LogP contribution in [0, 0.1) is 0 Å². The predicted octanol–water partition coefficient (Wildman–Crippen LogP) is 5.32. The van der Waals surface area contributed by atoms with Gasteiger partial charge in [-0.05, 0) is 24.3 Å². The van der Waals surface area contributed by atoms with Gasteiger partial charge >= 0.3 is 0 Å². The van der Waals surface area contributed by atoms with Crippen molar-refractivity contribution in [1.82, 2.24) is 4.98 Å². The number of aromatic nitrogens is 1. The highest BCUT2D eigenvalue weighted by Gasteiger charge is 2.04. The molecule has 0 bridgehead atoms. The maximum absolute atomic E-state index is 4.59. The lowest BCUT2D eigenvalue weighted by atomic mass is 10.2. The van der Waals surface area contributed by atoms with E-state index in [-0.39, 0.29) is 0 Å². The van der Waals surface area contributed by atoms with Gasteiger partial charge in [-0.2, -0.15) is 0 Å². The smallest absolute Gasteiger partial charge is 0.142 e. The summed E-state index contributed by atoms with van der Waals surface area (Å²) >= 11 is 5.07. The molecule has 0 saturated carbocycles. The van der Waals surface area contributed by atoms with Crippen molar-refractivity contribution in [2.24, 2.45) is 0 Å². The van der Waals surface area contributed by atoms with Crippen molar-refractivity contribution in [2.75, 3.05) is 5.32 Å². The van der Waals surface area contributed by atoms with Crippen molar-refractivity contribution in [1.29, 1.82) is 0 Å². The summed E-state index contributed by atoms with van der Waals surface area (Å²) in [7, 11) is 0. The molecule has 0 aliphatic carbocycles. The largest absolute Gasteiger partial charge is 0.340 e. The van der Waals surface area contributed by atoms with Gasteiger partial charge in [0.05, 0.1) is 0 Å². The Morgan fingerprint density at radius 2 is 1.68 bits per heavy atom. The maximum Gasteiger partial charge on any atom is 0.142 e. The molecule has 0 atom stereocenters. The van der Waals surface area contributed by atoms with Crippen LogP contribution in [0.5, 0.6) is 0 Å². The van der Waals surface area contributed by atoms with E-state index < -0.39 is 0 Å². The first-order valence-corrected chi connectivity index (χ1v) is 7.52. The Hall–Kier alpha value is -1.65. The van der Waals surface area contributed by atoms with Crippen LogP contribution in [-0.2, 0) is 0 Å². The zero-order valence-corrected chi connectivity index (χ0v) is 12.4. The molecular formula is C15H11BrN2S. The van der Waals surface area contributed by atoms with Gasteiger partial charge in [0, 0.05) is 21.1 Å². The summed E-state index contributed by atoms with van der Waals surface area (Å²) < 4.78 is 1.07. The predicted molar refractivity (Wildman–Crippen MR) is 85.0 cm³/mol. The summed E-state index contributed by atoms with van der Waals surface area (Å²) in [4.78, 5) is 4.59. The van der Waals surface area contributed by atoms with E-state index in [2.05, 4.69) is 38.4 Å². The highest BCUT2D eigenvalue weighted by atomic mass is 79.9. The van der Waals surface area contributed by atoms with Crippen LogP contribution >= 0.6 is 27.3 Å². The molecule has 0 radical (unpaired) electrons. The Labute approximate surface area is 124 Å². The van der Waals surface area contributed by atoms with Crippen molar-refractivity contribution < 1.29 is 0 Å². The van der Waals surface area contributed by atoms with Gasteiger partial charge in [-0.1, -0.05) is 46.3 Å². The van der Waals surface area contributed by atoms with E-state index in [4.69, 9.17) is 0 Å². The number of rotatable bonds is 3. The van der Waals surface area contributed by atoms with Crippen molar-refractivity contribution in [3.8, 4) is 10.6 Å². The van der Waals surface area contributed by atoms with Gasteiger partial charge in [-0.3, -0.25) is 0 Å². The Morgan fingerprint density at radius 1 is 0.947 bits per heavy atom. The molecule has 1 aromatic heterocycles. The van der Waals surface area contributed by atoms with Gasteiger partial charge in [0.25, 0.3) is 0 Å². The zero-order valence-electron chi connectivity index (χ0n) is 10.0. The minimum absolute atomic E-state index is 0.881. The quantitative estimate of drug-likeness (QED) is 0.703. The minimum atomic E-state index is 0.881. The van der Waals surface area contributed by atoms with Crippen LogP contribution in [0.15, 0.2) is 64.5 Å². The van der Waals surface area contributed by atoms with E-state index in [9.17, 15) is 0 Å². The van der Waals surface area contributed by atoms with Crippen molar-refractivity contribution in [3.05, 3.63) is 64.5 Å². The van der Waals surface area contributed by atoms with E-state index >= 15 is 0 Å². The average molecular weight is 331 g/mol. The van der Waals surface area contributed by atoms with Crippen LogP contribution in [-0.4, -0.2) is 4.98 Å². The second kappa shape index (κ2) is 5.55. The molecule has 1 heterocycles. The molecule has 0 spiro atoms. The molecule has 0 aliphatic heterocycles. The third-order valence-electron chi connectivity index (χ3n) is 2.64. The standard InChI is InChI=1S/C15H11BrN2S/c16-12-6-8-13(9-7-12)17-14-10-19-15(18-14)11-4-2-1-3-5-11/h1-10,17H. The highest BCUT2D eigenvalue weighted by molar-refractivity contribution is 9.10. The number of thiazole rings is 1. The summed E-state index contributed by atoms with van der Waals surface area (Å²) in [5, 5.41) is 6.36. The number of nitrogens with one attached hydrogen (secondary N) is 1. The topological polar surface area (TPSA) is 24.9 Å². The number of anilines is 2. The molecular weight excluding hydrogens is 320 g/mol. The number of hydrogen-bond acceptors (Lipinski definition) is 3. The molecule has 1 N–H and O–H groups in total. The monoisotopic (exact) mass is 330 g/mol. The van der Waals surface area contributed by atoms with Crippen LogP contribution in [0.4, 0.5) is 11.5 Å². The van der Waals surface area contributed by atoms with E-state index in [0.29, 0.717) is 0 Å². The summed E-state index contributed by atoms with van der Waals surface area (Å²) in [5.74, 6) is 0.881. The Kier molecular flexibility index (Phi) is 3.62. The van der Waals surface area contributed by atoms with Gasteiger partial charge in [0.1, 0.15) is 10.8 Å². The number of benzene rings is 2. The maximum atomic E-state index is 4.59. The molecule has 0 fully saturated rings. The molecule has 3 aromatic rings. The molecule has 2 nitrogen and oxygen atoms in total. The molecule has 0 saturated heterocycles. The van der Waals surface area contributed by atoms with Crippen LogP contribution in [0.3, 0.4) is 0 Å². The lowest BCUT2D eigenvalue weighted by molar-refractivity contribution is 1.38. The van der Waals surface area contributed by atoms with Crippen molar-refractivity contribution >= 4 is 38.8 Å². The Bertz CT molecular complexity index is 662. The molecule has 4 heteroatoms. The zero-order chi connectivity index (χ0) is 13.1. The molecule has 0 unspecified atom stereocenters. The lowest BCUT2D eigenvalue weighted by Crippen LogP contribution is -1.89. The van der Waals surface area contributed by atoms with Gasteiger partial charge in [0.2, 0.25) is 0 Å². The molecule has 0 aliphatic rings. The van der Waals surface area contributed by atoms with E-state index in [1.165, 1.54) is 0 Å². The fraction of sp³-hybridized carbons (Fsp3) is 0. The van der Waals surface area contributed by atoms with Crippen LogP contribution in [0.2, 0.25) is 0 Å². The van der Waals surface area contributed by atoms with Crippen molar-refractivity contribution in [3.63, 3.8) is 0 Å². The number of halogens is 1. The second-order valence-electron chi connectivity index (χ2n) is 4.04. The van der Waals surface area contributed by atoms with Gasteiger partial charge in [-0.15, -0.1) is 11.3 Å². The van der Waals surface area contributed by atoms with E-state index in [0.717, 1.165) is 26.5 Å².